The molecule has 1 aromatic carbocycles. The fraction of sp³-hybridized carbons (Fsp3) is 0.500. The van der Waals surface area contributed by atoms with Gasteiger partial charge < -0.3 is 10.4 Å². The van der Waals surface area contributed by atoms with Gasteiger partial charge in [0.25, 0.3) is 0 Å². The molecule has 5 nitrogen and oxygen atoms in total. The Bertz CT molecular complexity index is 591. The van der Waals surface area contributed by atoms with E-state index in [1.165, 1.54) is 12.1 Å². The first-order valence-electron chi connectivity index (χ1n) is 7.58. The Hall–Kier alpha value is -1.47. The highest BCUT2D eigenvalue weighted by Crippen LogP contribution is 2.26. The molecule has 1 aliphatic rings. The number of nitrogens with one attached hydrogen (secondary N) is 1. The monoisotopic (exact) mass is 386 g/mol. The SMILES string of the molecule is CCN(CC(=O)O)C1CC(NC(=O)Cc2cc(F)ccc2Br)C1. The molecule has 2 N–H and O–H groups in total. The van der Waals surface area contributed by atoms with Gasteiger partial charge in [-0.1, -0.05) is 22.9 Å². The summed E-state index contributed by atoms with van der Waals surface area (Å²) >= 11 is 3.31. The summed E-state index contributed by atoms with van der Waals surface area (Å²) in [6, 6.07) is 4.52. The Kier molecular flexibility index (Phi) is 6.12. The van der Waals surface area contributed by atoms with Gasteiger partial charge in [-0.3, -0.25) is 14.5 Å². The van der Waals surface area contributed by atoms with Crippen molar-refractivity contribution in [3.63, 3.8) is 0 Å². The quantitative estimate of drug-likeness (QED) is 0.753. The van der Waals surface area contributed by atoms with E-state index in [1.807, 2.05) is 11.8 Å². The van der Waals surface area contributed by atoms with Crippen molar-refractivity contribution in [1.82, 2.24) is 10.2 Å². The van der Waals surface area contributed by atoms with Crippen molar-refractivity contribution in [1.29, 1.82) is 0 Å². The van der Waals surface area contributed by atoms with Crippen LogP contribution >= 0.6 is 15.9 Å². The van der Waals surface area contributed by atoms with Gasteiger partial charge >= 0.3 is 5.97 Å². The first kappa shape index (κ1) is 17.9. The molecule has 126 valence electrons. The summed E-state index contributed by atoms with van der Waals surface area (Å²) in [5, 5.41) is 11.8. The van der Waals surface area contributed by atoms with E-state index in [0.29, 0.717) is 16.6 Å². The average molecular weight is 387 g/mol. The summed E-state index contributed by atoms with van der Waals surface area (Å²) in [5.41, 5.74) is 0.611. The molecule has 0 saturated heterocycles. The maximum Gasteiger partial charge on any atom is 0.317 e. The first-order valence-corrected chi connectivity index (χ1v) is 8.37. The van der Waals surface area contributed by atoms with Crippen molar-refractivity contribution >= 4 is 27.8 Å². The minimum absolute atomic E-state index is 0.0259. The van der Waals surface area contributed by atoms with Gasteiger partial charge in [0, 0.05) is 16.6 Å². The molecule has 0 aromatic heterocycles. The number of hydrogen-bond acceptors (Lipinski definition) is 3. The Morgan fingerprint density at radius 2 is 2.13 bits per heavy atom. The number of amides is 1. The molecule has 1 aromatic rings. The highest BCUT2D eigenvalue weighted by Gasteiger charge is 2.34. The molecule has 0 heterocycles. The van der Waals surface area contributed by atoms with Gasteiger partial charge in [-0.15, -0.1) is 0 Å². The topological polar surface area (TPSA) is 69.6 Å². The van der Waals surface area contributed by atoms with E-state index in [1.54, 1.807) is 6.07 Å². The lowest BCUT2D eigenvalue weighted by Gasteiger charge is -2.42. The molecule has 0 radical (unpaired) electrons. The molecule has 0 aliphatic heterocycles. The predicted octanol–water partition coefficient (Wildman–Crippen LogP) is 2.18. The zero-order chi connectivity index (χ0) is 17.0. The Morgan fingerprint density at radius 1 is 1.43 bits per heavy atom. The van der Waals surface area contributed by atoms with E-state index < -0.39 is 5.97 Å². The summed E-state index contributed by atoms with van der Waals surface area (Å²) in [4.78, 5) is 24.7. The third-order valence-corrected chi connectivity index (χ3v) is 4.87. The summed E-state index contributed by atoms with van der Waals surface area (Å²) in [5.74, 6) is -1.36. The third kappa shape index (κ3) is 5.00. The van der Waals surface area contributed by atoms with Crippen LogP contribution in [0.3, 0.4) is 0 Å². The van der Waals surface area contributed by atoms with Gasteiger partial charge in [0.1, 0.15) is 5.82 Å². The number of benzene rings is 1. The molecule has 0 bridgehead atoms. The molecule has 1 saturated carbocycles. The second kappa shape index (κ2) is 7.88. The van der Waals surface area contributed by atoms with E-state index in [4.69, 9.17) is 5.11 Å². The minimum Gasteiger partial charge on any atom is -0.480 e. The number of carbonyl (C=O) groups excluding carboxylic acids is 1. The predicted molar refractivity (Wildman–Crippen MR) is 87.6 cm³/mol. The normalized spacial score (nSPS) is 20.2. The van der Waals surface area contributed by atoms with Crippen LogP contribution in [-0.2, 0) is 16.0 Å². The van der Waals surface area contributed by atoms with Crippen LogP contribution in [0.25, 0.3) is 0 Å². The fourth-order valence-electron chi connectivity index (χ4n) is 2.81. The van der Waals surface area contributed by atoms with E-state index >= 15 is 0 Å². The molecule has 7 heteroatoms. The zero-order valence-corrected chi connectivity index (χ0v) is 14.5. The van der Waals surface area contributed by atoms with E-state index in [-0.39, 0.29) is 36.8 Å². The Labute approximate surface area is 143 Å². The maximum atomic E-state index is 13.2. The van der Waals surface area contributed by atoms with Gasteiger partial charge in [0.15, 0.2) is 0 Å². The van der Waals surface area contributed by atoms with Crippen LogP contribution in [0.15, 0.2) is 22.7 Å². The smallest absolute Gasteiger partial charge is 0.317 e. The summed E-state index contributed by atoms with van der Waals surface area (Å²) in [6.45, 7) is 2.63. The number of hydrogen-bond donors (Lipinski definition) is 2. The highest BCUT2D eigenvalue weighted by atomic mass is 79.9. The largest absolute Gasteiger partial charge is 0.480 e. The lowest BCUT2D eigenvalue weighted by molar-refractivity contribution is -0.139. The lowest BCUT2D eigenvalue weighted by atomic mass is 9.85. The van der Waals surface area contributed by atoms with E-state index in [0.717, 1.165) is 12.8 Å². The number of carboxylic acid groups (broad SMARTS) is 1. The van der Waals surface area contributed by atoms with Crippen molar-refractivity contribution in [3.05, 3.63) is 34.1 Å². The first-order chi connectivity index (χ1) is 10.9. The average Bonchev–Trinajstić information content (AvgIpc) is 2.44. The van der Waals surface area contributed by atoms with Gasteiger partial charge in [-0.25, -0.2) is 4.39 Å². The Balaban J connectivity index is 1.80. The lowest BCUT2D eigenvalue weighted by Crippen LogP contribution is -2.55. The molecule has 1 aliphatic carbocycles. The maximum absolute atomic E-state index is 13.2. The molecule has 0 unspecified atom stereocenters. The van der Waals surface area contributed by atoms with Gasteiger partial charge in [0.05, 0.1) is 13.0 Å². The third-order valence-electron chi connectivity index (χ3n) is 4.10. The van der Waals surface area contributed by atoms with Gasteiger partial charge in [0.2, 0.25) is 5.91 Å². The van der Waals surface area contributed by atoms with Crippen LogP contribution in [0.1, 0.15) is 25.3 Å². The highest BCUT2D eigenvalue weighted by molar-refractivity contribution is 9.10. The number of rotatable bonds is 7. The number of aliphatic carboxylic acids is 1. The van der Waals surface area contributed by atoms with Crippen LogP contribution in [0, 0.1) is 5.82 Å². The molecular weight excluding hydrogens is 367 g/mol. The molecule has 0 spiro atoms. The number of halogens is 2. The molecule has 1 amide bonds. The minimum atomic E-state index is -0.838. The van der Waals surface area contributed by atoms with Crippen LogP contribution in [0.5, 0.6) is 0 Å². The molecule has 2 rings (SSSR count). The number of carboxylic acids is 1. The summed E-state index contributed by atoms with van der Waals surface area (Å²) in [6.07, 6.45) is 1.61. The molecular formula is C16H20BrFN2O3. The van der Waals surface area contributed by atoms with Crippen molar-refractivity contribution in [2.24, 2.45) is 0 Å². The van der Waals surface area contributed by atoms with Crippen LogP contribution in [-0.4, -0.2) is 47.1 Å². The van der Waals surface area contributed by atoms with E-state index in [9.17, 15) is 14.0 Å². The standard InChI is InChI=1S/C16H20BrFN2O3/c1-2-20(9-16(22)23)13-7-12(8-13)19-15(21)6-10-5-11(18)3-4-14(10)17/h3-5,12-13H,2,6-9H2,1H3,(H,19,21)(H,22,23). The zero-order valence-electron chi connectivity index (χ0n) is 12.9. The van der Waals surface area contributed by atoms with Gasteiger partial charge in [-0.2, -0.15) is 0 Å². The summed E-state index contributed by atoms with van der Waals surface area (Å²) < 4.78 is 13.9. The second-order valence-electron chi connectivity index (χ2n) is 5.76. The van der Waals surface area contributed by atoms with Gasteiger partial charge in [-0.05, 0) is 43.1 Å². The summed E-state index contributed by atoms with van der Waals surface area (Å²) in [7, 11) is 0. The molecule has 23 heavy (non-hydrogen) atoms. The molecule has 1 fully saturated rings. The van der Waals surface area contributed by atoms with Crippen molar-refractivity contribution in [3.8, 4) is 0 Å². The van der Waals surface area contributed by atoms with Crippen LogP contribution in [0.2, 0.25) is 0 Å². The molecule has 0 atom stereocenters. The van der Waals surface area contributed by atoms with Crippen LogP contribution in [0.4, 0.5) is 4.39 Å². The van der Waals surface area contributed by atoms with Crippen molar-refractivity contribution in [2.45, 2.75) is 38.3 Å². The van der Waals surface area contributed by atoms with Crippen molar-refractivity contribution in [2.75, 3.05) is 13.1 Å². The Morgan fingerprint density at radius 3 is 2.74 bits per heavy atom. The number of carbonyl (C=O) groups is 2. The fourth-order valence-corrected chi connectivity index (χ4v) is 3.19. The van der Waals surface area contributed by atoms with Crippen LogP contribution < -0.4 is 5.32 Å². The number of likely N-dealkylation sites (N-methyl/N-ethyl adjacent to an activating group) is 1. The second-order valence-corrected chi connectivity index (χ2v) is 6.61. The van der Waals surface area contributed by atoms with Crippen molar-refractivity contribution < 1.29 is 19.1 Å². The van der Waals surface area contributed by atoms with E-state index in [2.05, 4.69) is 21.2 Å². The number of nitrogens with zero attached hydrogens (tertiary/aromatic N) is 1.